The number of fused-ring (bicyclic) bond motifs is 2. The average molecular weight is 328 g/mol. The van der Waals surface area contributed by atoms with E-state index in [2.05, 4.69) is 15.9 Å². The van der Waals surface area contributed by atoms with Crippen molar-refractivity contribution >= 4 is 39.1 Å². The lowest BCUT2D eigenvalue weighted by atomic mass is 9.75. The smallest absolute Gasteiger partial charge is 0.150 e. The van der Waals surface area contributed by atoms with Gasteiger partial charge in [0.15, 0.2) is 11.6 Å². The highest BCUT2D eigenvalue weighted by Crippen LogP contribution is 2.45. The van der Waals surface area contributed by atoms with E-state index in [9.17, 15) is 9.59 Å². The summed E-state index contributed by atoms with van der Waals surface area (Å²) in [5, 5.41) is 0.506. The van der Waals surface area contributed by atoms with Crippen molar-refractivity contribution in [3.63, 3.8) is 0 Å². The van der Waals surface area contributed by atoms with Gasteiger partial charge in [0.2, 0.25) is 0 Å². The Morgan fingerprint density at radius 1 is 1.11 bits per heavy atom. The van der Waals surface area contributed by atoms with Crippen LogP contribution in [0.4, 0.5) is 0 Å². The Hall–Kier alpha value is -0.670. The van der Waals surface area contributed by atoms with Gasteiger partial charge in [0.1, 0.15) is 5.92 Å². The summed E-state index contributed by atoms with van der Waals surface area (Å²) in [6.07, 6.45) is 2.47. The third-order valence-electron chi connectivity index (χ3n) is 4.08. The molecule has 4 heteroatoms. The van der Waals surface area contributed by atoms with Crippen LogP contribution >= 0.6 is 27.5 Å². The first kappa shape index (κ1) is 12.4. The molecule has 0 aromatic heterocycles. The number of hydrogen-bond acceptors (Lipinski definition) is 2. The summed E-state index contributed by atoms with van der Waals surface area (Å²) < 4.78 is 0.848. The molecule has 94 valence electrons. The van der Waals surface area contributed by atoms with Crippen LogP contribution in [-0.4, -0.2) is 11.6 Å². The van der Waals surface area contributed by atoms with E-state index in [0.717, 1.165) is 23.7 Å². The van der Waals surface area contributed by atoms with Crippen LogP contribution in [0, 0.1) is 11.8 Å². The minimum Gasteiger partial charge on any atom is -0.298 e. The van der Waals surface area contributed by atoms with Crippen molar-refractivity contribution in [2.75, 3.05) is 0 Å². The van der Waals surface area contributed by atoms with Crippen LogP contribution < -0.4 is 0 Å². The lowest BCUT2D eigenvalue weighted by Gasteiger charge is -2.26. The van der Waals surface area contributed by atoms with Crippen LogP contribution in [0.2, 0.25) is 5.02 Å². The van der Waals surface area contributed by atoms with Gasteiger partial charge >= 0.3 is 0 Å². The van der Waals surface area contributed by atoms with Crippen LogP contribution in [0.15, 0.2) is 22.7 Å². The van der Waals surface area contributed by atoms with Crippen molar-refractivity contribution in [3.8, 4) is 0 Å². The molecule has 0 radical (unpaired) electrons. The fourth-order valence-corrected chi connectivity index (χ4v) is 3.76. The standard InChI is InChI=1S/C14H12BrClO2/c15-9-3-4-11(16)10(6-9)12-13(17)7-1-2-8(5-7)14(12)18/h3-4,6-8,12H,1-2,5H2/t7-,8+,12?. The highest BCUT2D eigenvalue weighted by atomic mass is 79.9. The molecule has 2 fully saturated rings. The number of hydrogen-bond donors (Lipinski definition) is 0. The van der Waals surface area contributed by atoms with Gasteiger partial charge in [-0.3, -0.25) is 9.59 Å². The van der Waals surface area contributed by atoms with Gasteiger partial charge in [-0.1, -0.05) is 27.5 Å². The zero-order valence-corrected chi connectivity index (χ0v) is 12.0. The quantitative estimate of drug-likeness (QED) is 0.736. The van der Waals surface area contributed by atoms with E-state index in [1.807, 2.05) is 6.07 Å². The Morgan fingerprint density at radius 2 is 1.72 bits per heavy atom. The van der Waals surface area contributed by atoms with Crippen molar-refractivity contribution in [3.05, 3.63) is 33.3 Å². The van der Waals surface area contributed by atoms with Crippen LogP contribution in [0.5, 0.6) is 0 Å². The number of Topliss-reactive ketones (excluding diaryl/α,β-unsaturated/α-hetero) is 2. The van der Waals surface area contributed by atoms with Gasteiger partial charge in [0.05, 0.1) is 0 Å². The van der Waals surface area contributed by atoms with Crippen molar-refractivity contribution in [2.45, 2.75) is 25.2 Å². The van der Waals surface area contributed by atoms with E-state index >= 15 is 0 Å². The lowest BCUT2D eigenvalue weighted by molar-refractivity contribution is -0.135. The highest BCUT2D eigenvalue weighted by molar-refractivity contribution is 9.10. The molecule has 0 heterocycles. The fourth-order valence-electron chi connectivity index (χ4n) is 3.15. The van der Waals surface area contributed by atoms with Gasteiger partial charge in [0.25, 0.3) is 0 Å². The average Bonchev–Trinajstić information content (AvgIpc) is 2.78. The zero-order chi connectivity index (χ0) is 12.9. The maximum absolute atomic E-state index is 12.4. The molecule has 3 rings (SSSR count). The summed E-state index contributed by atoms with van der Waals surface area (Å²) in [6, 6.07) is 5.35. The van der Waals surface area contributed by atoms with Gasteiger partial charge in [0, 0.05) is 21.3 Å². The SMILES string of the molecule is O=C1C(c2cc(Br)ccc2Cl)C(=O)[C@H]2CC[C@@H]1C2. The summed E-state index contributed by atoms with van der Waals surface area (Å²) in [4.78, 5) is 24.7. The van der Waals surface area contributed by atoms with Crippen LogP contribution in [0.25, 0.3) is 0 Å². The third kappa shape index (κ3) is 1.84. The number of halogens is 2. The molecule has 2 nitrogen and oxygen atoms in total. The summed E-state index contributed by atoms with van der Waals surface area (Å²) >= 11 is 9.52. The van der Waals surface area contributed by atoms with E-state index in [4.69, 9.17) is 11.6 Å². The minimum atomic E-state index is -0.638. The maximum atomic E-state index is 12.4. The van der Waals surface area contributed by atoms with E-state index < -0.39 is 5.92 Å². The molecule has 2 aliphatic rings. The number of ketones is 2. The highest BCUT2D eigenvalue weighted by Gasteiger charge is 2.47. The van der Waals surface area contributed by atoms with Crippen LogP contribution in [0.3, 0.4) is 0 Å². The first-order valence-electron chi connectivity index (χ1n) is 6.10. The predicted molar refractivity (Wildman–Crippen MR) is 72.7 cm³/mol. The Kier molecular flexibility index (Phi) is 3.07. The molecule has 3 atom stereocenters. The van der Waals surface area contributed by atoms with Crippen molar-refractivity contribution < 1.29 is 9.59 Å². The van der Waals surface area contributed by atoms with Crippen LogP contribution in [0.1, 0.15) is 30.7 Å². The normalized spacial score (nSPS) is 30.9. The summed E-state index contributed by atoms with van der Waals surface area (Å²) in [6.45, 7) is 0. The molecule has 0 N–H and O–H groups in total. The number of benzene rings is 1. The number of rotatable bonds is 1. The largest absolute Gasteiger partial charge is 0.298 e. The molecular weight excluding hydrogens is 316 g/mol. The van der Waals surface area contributed by atoms with Gasteiger partial charge in [-0.25, -0.2) is 0 Å². The monoisotopic (exact) mass is 326 g/mol. The molecule has 0 spiro atoms. The van der Waals surface area contributed by atoms with Crippen LogP contribution in [-0.2, 0) is 9.59 Å². The van der Waals surface area contributed by atoms with Crippen molar-refractivity contribution in [1.82, 2.24) is 0 Å². The van der Waals surface area contributed by atoms with Gasteiger partial charge in [-0.2, -0.15) is 0 Å². The Bertz CT molecular complexity index is 519. The predicted octanol–water partition coefficient (Wildman–Crippen LogP) is 3.75. The molecule has 2 bridgehead atoms. The lowest BCUT2D eigenvalue weighted by Crippen LogP contribution is -2.34. The van der Waals surface area contributed by atoms with E-state index in [-0.39, 0.29) is 23.4 Å². The minimum absolute atomic E-state index is 0.0627. The van der Waals surface area contributed by atoms with Gasteiger partial charge in [-0.05, 0) is 43.0 Å². The second kappa shape index (κ2) is 4.46. The molecule has 0 aliphatic heterocycles. The molecule has 1 aromatic carbocycles. The van der Waals surface area contributed by atoms with Crippen molar-refractivity contribution in [1.29, 1.82) is 0 Å². The summed E-state index contributed by atoms with van der Waals surface area (Å²) in [7, 11) is 0. The summed E-state index contributed by atoms with van der Waals surface area (Å²) in [5.74, 6) is -0.385. The molecule has 1 unspecified atom stereocenters. The number of carbonyl (C=O) groups is 2. The molecule has 1 aromatic rings. The second-order valence-electron chi connectivity index (χ2n) is 5.11. The van der Waals surface area contributed by atoms with E-state index in [1.54, 1.807) is 12.1 Å². The third-order valence-corrected chi connectivity index (χ3v) is 4.91. The summed E-state index contributed by atoms with van der Waals surface area (Å²) in [5.41, 5.74) is 0.664. The van der Waals surface area contributed by atoms with Gasteiger partial charge in [-0.15, -0.1) is 0 Å². The Morgan fingerprint density at radius 3 is 2.33 bits per heavy atom. The second-order valence-corrected chi connectivity index (χ2v) is 6.43. The molecule has 18 heavy (non-hydrogen) atoms. The topological polar surface area (TPSA) is 34.1 Å². The number of carbonyl (C=O) groups excluding carboxylic acids is 2. The van der Waals surface area contributed by atoms with E-state index in [1.165, 1.54) is 0 Å². The van der Waals surface area contributed by atoms with Gasteiger partial charge < -0.3 is 0 Å². The Balaban J connectivity index is 2.07. The zero-order valence-electron chi connectivity index (χ0n) is 9.66. The fraction of sp³-hybridized carbons (Fsp3) is 0.429. The maximum Gasteiger partial charge on any atom is 0.150 e. The first-order chi connectivity index (χ1) is 8.58. The molecule has 2 aliphatic carbocycles. The Labute approximate surface area is 119 Å². The molecule has 2 saturated carbocycles. The van der Waals surface area contributed by atoms with Crippen molar-refractivity contribution in [2.24, 2.45) is 11.8 Å². The molecule has 0 amide bonds. The molecular formula is C14H12BrClO2. The van der Waals surface area contributed by atoms with E-state index in [0.29, 0.717) is 10.6 Å². The molecule has 0 saturated heterocycles. The first-order valence-corrected chi connectivity index (χ1v) is 7.27.